The quantitative estimate of drug-likeness (QED) is 0.785. The first kappa shape index (κ1) is 12.9. The maximum atomic E-state index is 4.16. The van der Waals surface area contributed by atoms with Crippen LogP contribution in [0.2, 0.25) is 0 Å². The summed E-state index contributed by atoms with van der Waals surface area (Å²) >= 11 is 0. The highest BCUT2D eigenvalue weighted by molar-refractivity contribution is 5.48. The molecule has 1 aromatic heterocycles. The van der Waals surface area contributed by atoms with Gasteiger partial charge >= 0.3 is 0 Å². The first-order chi connectivity index (χ1) is 7.47. The molecule has 0 atom stereocenters. The molecule has 0 saturated carbocycles. The molecule has 0 aliphatic rings. The van der Waals surface area contributed by atoms with Crippen LogP contribution in [0.5, 0.6) is 0 Å². The van der Waals surface area contributed by atoms with Crippen LogP contribution in [0.3, 0.4) is 0 Å². The maximum absolute atomic E-state index is 4.16. The third kappa shape index (κ3) is 5.66. The molecule has 1 N–H and O–H groups in total. The second kappa shape index (κ2) is 5.80. The normalized spacial score (nSPS) is 12.2. The number of nitrogens with zero attached hydrogens (tertiary/aromatic N) is 1. The predicted octanol–water partition coefficient (Wildman–Crippen LogP) is 3.18. The Morgan fingerprint density at radius 3 is 2.69 bits per heavy atom. The average Bonchev–Trinajstić information content (AvgIpc) is 2.15. The van der Waals surface area contributed by atoms with Crippen molar-refractivity contribution in [2.24, 2.45) is 0 Å². The smallest absolute Gasteiger partial charge is 0.0340 e. The Bertz CT molecular complexity index is 348. The highest BCUT2D eigenvalue weighted by atomic mass is 14.9. The van der Waals surface area contributed by atoms with E-state index in [-0.39, 0.29) is 5.54 Å². The molecule has 1 aromatic rings. The third-order valence-electron chi connectivity index (χ3n) is 2.17. The van der Waals surface area contributed by atoms with Crippen molar-refractivity contribution in [2.45, 2.75) is 39.7 Å². The van der Waals surface area contributed by atoms with Gasteiger partial charge in [0.15, 0.2) is 0 Å². The molecule has 0 radical (unpaired) electrons. The highest BCUT2D eigenvalue weighted by Gasteiger charge is 2.06. The average molecular weight is 218 g/mol. The van der Waals surface area contributed by atoms with E-state index in [1.165, 1.54) is 11.1 Å². The molecule has 0 aliphatic carbocycles. The van der Waals surface area contributed by atoms with E-state index >= 15 is 0 Å². The topological polar surface area (TPSA) is 24.9 Å². The van der Waals surface area contributed by atoms with E-state index in [0.29, 0.717) is 0 Å². The lowest BCUT2D eigenvalue weighted by molar-refractivity contribution is 0.431. The Morgan fingerprint density at radius 1 is 1.31 bits per heavy atom. The van der Waals surface area contributed by atoms with Gasteiger partial charge in [0.1, 0.15) is 0 Å². The number of aromatic nitrogens is 1. The maximum Gasteiger partial charge on any atom is 0.0340 e. The molecule has 16 heavy (non-hydrogen) atoms. The molecule has 2 nitrogen and oxygen atoms in total. The second-order valence-corrected chi connectivity index (χ2v) is 5.16. The minimum Gasteiger partial charge on any atom is -0.312 e. The van der Waals surface area contributed by atoms with Crippen molar-refractivity contribution in [3.05, 3.63) is 35.7 Å². The van der Waals surface area contributed by atoms with Gasteiger partial charge in [-0.25, -0.2) is 0 Å². The molecule has 2 heteroatoms. The zero-order chi connectivity index (χ0) is 12.0. The van der Waals surface area contributed by atoms with Gasteiger partial charge in [-0.05, 0) is 57.9 Å². The third-order valence-corrected chi connectivity index (χ3v) is 2.17. The zero-order valence-electron chi connectivity index (χ0n) is 10.7. The Morgan fingerprint density at radius 2 is 2.06 bits per heavy atom. The van der Waals surface area contributed by atoms with Crippen LogP contribution in [0.25, 0.3) is 6.08 Å². The molecule has 0 aliphatic heterocycles. The van der Waals surface area contributed by atoms with Crippen molar-refractivity contribution in [1.29, 1.82) is 0 Å². The number of hydrogen-bond donors (Lipinski definition) is 1. The van der Waals surface area contributed by atoms with Crippen LogP contribution in [0.1, 0.15) is 38.3 Å². The minimum absolute atomic E-state index is 0.207. The Balaban J connectivity index is 2.33. The van der Waals surface area contributed by atoms with Crippen LogP contribution in [0, 0.1) is 6.92 Å². The van der Waals surface area contributed by atoms with Crippen molar-refractivity contribution < 1.29 is 0 Å². The highest BCUT2D eigenvalue weighted by Crippen LogP contribution is 2.04. The van der Waals surface area contributed by atoms with Crippen molar-refractivity contribution >= 4 is 6.08 Å². The van der Waals surface area contributed by atoms with Gasteiger partial charge in [-0.3, -0.25) is 4.98 Å². The van der Waals surface area contributed by atoms with Gasteiger partial charge in [-0.1, -0.05) is 12.2 Å². The number of pyridine rings is 1. The number of rotatable bonds is 4. The van der Waals surface area contributed by atoms with E-state index in [0.717, 1.165) is 13.0 Å². The molecular weight excluding hydrogens is 196 g/mol. The summed E-state index contributed by atoms with van der Waals surface area (Å²) in [5, 5.41) is 3.45. The van der Waals surface area contributed by atoms with E-state index in [1.807, 2.05) is 12.4 Å². The summed E-state index contributed by atoms with van der Waals surface area (Å²) in [5.41, 5.74) is 2.59. The van der Waals surface area contributed by atoms with Gasteiger partial charge < -0.3 is 5.32 Å². The van der Waals surface area contributed by atoms with Crippen molar-refractivity contribution in [2.75, 3.05) is 6.54 Å². The molecule has 0 amide bonds. The van der Waals surface area contributed by atoms with Gasteiger partial charge in [0.25, 0.3) is 0 Å². The Labute approximate surface area is 98.8 Å². The second-order valence-electron chi connectivity index (χ2n) is 5.16. The molecule has 1 rings (SSSR count). The van der Waals surface area contributed by atoms with Gasteiger partial charge in [0.2, 0.25) is 0 Å². The molecule has 0 aromatic carbocycles. The largest absolute Gasteiger partial charge is 0.312 e. The first-order valence-corrected chi connectivity index (χ1v) is 5.80. The Kier molecular flexibility index (Phi) is 4.69. The zero-order valence-corrected chi connectivity index (χ0v) is 10.7. The summed E-state index contributed by atoms with van der Waals surface area (Å²) in [7, 11) is 0. The van der Waals surface area contributed by atoms with Gasteiger partial charge in [-0.15, -0.1) is 0 Å². The van der Waals surface area contributed by atoms with Gasteiger partial charge in [-0.2, -0.15) is 0 Å². The summed E-state index contributed by atoms with van der Waals surface area (Å²) in [6.07, 6.45) is 9.13. The lowest BCUT2D eigenvalue weighted by atomic mass is 10.1. The van der Waals surface area contributed by atoms with E-state index < -0.39 is 0 Å². The summed E-state index contributed by atoms with van der Waals surface area (Å²) in [5.74, 6) is 0. The first-order valence-electron chi connectivity index (χ1n) is 5.80. The van der Waals surface area contributed by atoms with Crippen LogP contribution in [0.4, 0.5) is 0 Å². The Hall–Kier alpha value is -1.15. The van der Waals surface area contributed by atoms with Crippen LogP contribution >= 0.6 is 0 Å². The standard InChI is InChI=1S/C14H22N2/c1-12-9-13(11-15-10-12)7-5-6-8-16-14(2,3)4/h5,7,9-11,16H,6,8H2,1-4H3/b7-5+. The van der Waals surface area contributed by atoms with Gasteiger partial charge in [0, 0.05) is 17.9 Å². The predicted molar refractivity (Wildman–Crippen MR) is 70.4 cm³/mol. The van der Waals surface area contributed by atoms with Crippen LogP contribution in [-0.4, -0.2) is 17.1 Å². The summed E-state index contributed by atoms with van der Waals surface area (Å²) < 4.78 is 0. The van der Waals surface area contributed by atoms with E-state index in [4.69, 9.17) is 0 Å². The van der Waals surface area contributed by atoms with Crippen molar-refractivity contribution in [3.63, 3.8) is 0 Å². The number of nitrogens with one attached hydrogen (secondary N) is 1. The fourth-order valence-corrected chi connectivity index (χ4v) is 1.42. The molecule has 88 valence electrons. The van der Waals surface area contributed by atoms with Crippen molar-refractivity contribution in [3.8, 4) is 0 Å². The molecule has 1 heterocycles. The monoisotopic (exact) mass is 218 g/mol. The lowest BCUT2D eigenvalue weighted by Crippen LogP contribution is -2.36. The van der Waals surface area contributed by atoms with Crippen LogP contribution in [-0.2, 0) is 0 Å². The summed E-state index contributed by atoms with van der Waals surface area (Å²) in [6.45, 7) is 9.62. The van der Waals surface area contributed by atoms with Crippen LogP contribution < -0.4 is 5.32 Å². The van der Waals surface area contributed by atoms with E-state index in [9.17, 15) is 0 Å². The fraction of sp³-hybridized carbons (Fsp3) is 0.500. The molecule has 0 saturated heterocycles. The van der Waals surface area contributed by atoms with E-state index in [2.05, 4.69) is 56.2 Å². The van der Waals surface area contributed by atoms with E-state index in [1.54, 1.807) is 0 Å². The van der Waals surface area contributed by atoms with Crippen LogP contribution in [0.15, 0.2) is 24.5 Å². The molecule has 0 bridgehead atoms. The SMILES string of the molecule is Cc1cncc(/C=C/CCNC(C)(C)C)c1. The number of hydrogen-bond acceptors (Lipinski definition) is 2. The summed E-state index contributed by atoms with van der Waals surface area (Å²) in [4.78, 5) is 4.16. The summed E-state index contributed by atoms with van der Waals surface area (Å²) in [6, 6.07) is 2.14. The fourth-order valence-electron chi connectivity index (χ4n) is 1.42. The molecular formula is C14H22N2. The van der Waals surface area contributed by atoms with Crippen molar-refractivity contribution in [1.82, 2.24) is 10.3 Å². The number of aryl methyl sites for hydroxylation is 1. The molecule has 0 spiro atoms. The molecule has 0 unspecified atom stereocenters. The lowest BCUT2D eigenvalue weighted by Gasteiger charge is -2.19. The minimum atomic E-state index is 0.207. The molecule has 0 fully saturated rings. The van der Waals surface area contributed by atoms with Gasteiger partial charge in [0.05, 0.1) is 0 Å².